The van der Waals surface area contributed by atoms with Crippen molar-refractivity contribution in [2.24, 2.45) is 0 Å². The number of carboxylic acids is 1. The monoisotopic (exact) mass is 698 g/mol. The summed E-state index contributed by atoms with van der Waals surface area (Å²) in [6, 6.07) is 11.5. The molecular formula is C32H38N6O8S2. The van der Waals surface area contributed by atoms with Crippen LogP contribution in [0.25, 0.3) is 16.9 Å². The summed E-state index contributed by atoms with van der Waals surface area (Å²) in [5, 5.41) is 12.1. The zero-order valence-electron chi connectivity index (χ0n) is 27.2. The van der Waals surface area contributed by atoms with Gasteiger partial charge in [0.1, 0.15) is 23.1 Å². The molecule has 0 fully saturated rings. The lowest BCUT2D eigenvalue weighted by molar-refractivity contribution is -0.158. The van der Waals surface area contributed by atoms with Crippen molar-refractivity contribution in [3.05, 3.63) is 83.2 Å². The van der Waals surface area contributed by atoms with Crippen molar-refractivity contribution in [3.8, 4) is 5.69 Å². The van der Waals surface area contributed by atoms with E-state index >= 15 is 0 Å². The number of imidazole rings is 1. The summed E-state index contributed by atoms with van der Waals surface area (Å²) in [5.41, 5.74) is 0.184. The molecule has 256 valence electrons. The number of benzene rings is 1. The first kappa shape index (κ1) is 36.3. The molecule has 3 heterocycles. The van der Waals surface area contributed by atoms with Gasteiger partial charge in [0.05, 0.1) is 23.6 Å². The number of carboxylic acid groups (broad SMARTS) is 1. The summed E-state index contributed by atoms with van der Waals surface area (Å²) in [6.45, 7) is 7.80. The number of hydrogen-bond donors (Lipinski definition) is 2. The van der Waals surface area contributed by atoms with Crippen molar-refractivity contribution in [2.75, 3.05) is 12.4 Å². The highest BCUT2D eigenvalue weighted by molar-refractivity contribution is 8.00. The lowest BCUT2D eigenvalue weighted by atomic mass is 10.0. The van der Waals surface area contributed by atoms with E-state index in [4.69, 9.17) is 4.74 Å². The minimum atomic E-state index is -4.09. The van der Waals surface area contributed by atoms with Crippen molar-refractivity contribution in [2.45, 2.75) is 69.4 Å². The zero-order chi connectivity index (χ0) is 35.2. The van der Waals surface area contributed by atoms with E-state index < -0.39 is 58.3 Å². The van der Waals surface area contributed by atoms with Crippen LogP contribution < -0.4 is 11.0 Å². The van der Waals surface area contributed by atoms with E-state index in [1.165, 1.54) is 47.1 Å². The van der Waals surface area contributed by atoms with Gasteiger partial charge in [0.25, 0.3) is 0 Å². The van der Waals surface area contributed by atoms with Crippen LogP contribution in [0, 0.1) is 0 Å². The Kier molecular flexibility index (Phi) is 11.4. The molecule has 0 bridgehead atoms. The topological polar surface area (TPSA) is 183 Å². The number of aliphatic carboxylic acids is 1. The molecule has 2 N–H and O–H groups in total. The first-order valence-corrected chi connectivity index (χ1v) is 17.5. The summed E-state index contributed by atoms with van der Waals surface area (Å²) in [5.74, 6) is -2.60. The number of nitrogens with zero attached hydrogens (tertiary/aromatic N) is 5. The first-order valence-electron chi connectivity index (χ1n) is 15.0. The highest BCUT2D eigenvalue weighted by Gasteiger charge is 2.31. The van der Waals surface area contributed by atoms with Crippen LogP contribution in [0.4, 0.5) is 0 Å². The molecule has 4 rings (SSSR count). The minimum absolute atomic E-state index is 0.00200. The van der Waals surface area contributed by atoms with Crippen molar-refractivity contribution in [3.63, 3.8) is 0 Å². The van der Waals surface area contributed by atoms with E-state index in [0.717, 1.165) is 8.87 Å². The molecule has 0 saturated heterocycles. The maximum Gasteiger partial charge on any atom is 0.335 e. The van der Waals surface area contributed by atoms with Crippen molar-refractivity contribution in [1.82, 2.24) is 28.7 Å². The number of pyridine rings is 2. The van der Waals surface area contributed by atoms with Gasteiger partial charge < -0.3 is 15.2 Å². The van der Waals surface area contributed by atoms with Crippen LogP contribution in [0.3, 0.4) is 0 Å². The van der Waals surface area contributed by atoms with Crippen molar-refractivity contribution >= 4 is 50.8 Å². The molecule has 0 radical (unpaired) electrons. The van der Waals surface area contributed by atoms with E-state index in [2.05, 4.69) is 15.3 Å². The van der Waals surface area contributed by atoms with Gasteiger partial charge >= 0.3 is 17.6 Å². The summed E-state index contributed by atoms with van der Waals surface area (Å²) >= 11 is 1.34. The number of nitrogens with one attached hydrogen (secondary N) is 1. The number of ether oxygens (including phenoxy) is 1. The van der Waals surface area contributed by atoms with Gasteiger partial charge in [-0.05, 0) is 62.7 Å². The normalized spacial score (nSPS) is 12.7. The van der Waals surface area contributed by atoms with Gasteiger partial charge in [0.2, 0.25) is 15.9 Å². The third kappa shape index (κ3) is 9.08. The fraction of sp³-hybridized carbons (Fsp3) is 0.375. The molecule has 4 aromatic rings. The van der Waals surface area contributed by atoms with Crippen LogP contribution in [-0.2, 0) is 42.1 Å². The average Bonchev–Trinajstić information content (AvgIpc) is 3.29. The number of aromatic nitrogens is 4. The first-order chi connectivity index (χ1) is 22.6. The molecule has 0 aliphatic carbocycles. The maximum absolute atomic E-state index is 13.4. The largest absolute Gasteiger partial charge is 0.480 e. The molecule has 48 heavy (non-hydrogen) atoms. The van der Waals surface area contributed by atoms with Crippen LogP contribution >= 0.6 is 11.8 Å². The molecular weight excluding hydrogens is 661 g/mol. The number of hydrogen-bond acceptors (Lipinski definition) is 10. The van der Waals surface area contributed by atoms with Gasteiger partial charge in [-0.15, -0.1) is 11.8 Å². The van der Waals surface area contributed by atoms with Crippen LogP contribution in [-0.4, -0.2) is 84.1 Å². The van der Waals surface area contributed by atoms with Gasteiger partial charge in [0, 0.05) is 30.3 Å². The summed E-state index contributed by atoms with van der Waals surface area (Å²) in [4.78, 5) is 59.4. The van der Waals surface area contributed by atoms with Crippen LogP contribution in [0.2, 0.25) is 0 Å². The number of carbonyl (C=O) groups excluding carboxylic acids is 2. The Morgan fingerprint density at radius 3 is 2.35 bits per heavy atom. The lowest BCUT2D eigenvalue weighted by Gasteiger charge is -2.26. The molecule has 1 aromatic carbocycles. The molecule has 1 amide bonds. The fourth-order valence-corrected chi connectivity index (χ4v) is 6.99. The summed E-state index contributed by atoms with van der Waals surface area (Å²) in [6.07, 6.45) is 4.15. The van der Waals surface area contributed by atoms with Crippen LogP contribution in [0.5, 0.6) is 0 Å². The second kappa shape index (κ2) is 15.1. The lowest BCUT2D eigenvalue weighted by Crippen LogP contribution is -2.49. The Bertz CT molecular complexity index is 1940. The summed E-state index contributed by atoms with van der Waals surface area (Å²) in [7, 11) is -4.09. The number of sulfonamides is 1. The van der Waals surface area contributed by atoms with Crippen LogP contribution in [0.1, 0.15) is 40.2 Å². The molecule has 0 saturated carbocycles. The Morgan fingerprint density at radius 2 is 1.75 bits per heavy atom. The highest BCUT2D eigenvalue weighted by Crippen LogP contribution is 2.21. The molecule has 3 aromatic heterocycles. The zero-order valence-corrected chi connectivity index (χ0v) is 28.8. The molecule has 16 heteroatoms. The standard InChI is InChI=1S/C32H38N6O8S2/c1-21(2)47-20-36(48(44,45)24-8-6-14-33-17-24)18-27(39)35-25(30(42)46-32(3,4)5)16-22-10-12-23(13-11-22)38-29-26(9-7-15-34-29)37(31(38)43)19-28(40)41/h6-15,17,21,25H,16,18-20H2,1-5H3,(H,35,39)(H,40,41)/t25-/m0/s1. The predicted molar refractivity (Wildman–Crippen MR) is 180 cm³/mol. The third-order valence-electron chi connectivity index (χ3n) is 6.79. The quantitative estimate of drug-likeness (QED) is 0.146. The second-order valence-electron chi connectivity index (χ2n) is 12.1. The second-order valence-corrected chi connectivity index (χ2v) is 15.6. The number of thioether (sulfide) groups is 1. The molecule has 14 nitrogen and oxygen atoms in total. The average molecular weight is 699 g/mol. The third-order valence-corrected chi connectivity index (χ3v) is 9.86. The smallest absolute Gasteiger partial charge is 0.335 e. The van der Waals surface area contributed by atoms with Gasteiger partial charge in [0.15, 0.2) is 5.65 Å². The van der Waals surface area contributed by atoms with Crippen molar-refractivity contribution < 1.29 is 32.6 Å². The van der Waals surface area contributed by atoms with E-state index in [0.29, 0.717) is 16.8 Å². The number of amides is 1. The van der Waals surface area contributed by atoms with Crippen LogP contribution in [0.15, 0.2) is 76.8 Å². The Hall–Kier alpha value is -4.54. The Balaban J connectivity index is 1.60. The van der Waals surface area contributed by atoms with Gasteiger partial charge in [-0.25, -0.2) is 27.6 Å². The van der Waals surface area contributed by atoms with E-state index in [9.17, 15) is 32.7 Å². The SMILES string of the molecule is CC(C)SCN(CC(=O)N[C@@H](Cc1ccc(-n2c(=O)n(CC(=O)O)c3cccnc32)cc1)C(=O)OC(C)(C)C)S(=O)(=O)c1cccnc1. The minimum Gasteiger partial charge on any atom is -0.480 e. The maximum atomic E-state index is 13.4. The Labute approximate surface area is 282 Å². The van der Waals surface area contributed by atoms with Gasteiger partial charge in [-0.2, -0.15) is 4.31 Å². The highest BCUT2D eigenvalue weighted by atomic mass is 32.2. The molecule has 0 spiro atoms. The number of fused-ring (bicyclic) bond motifs is 1. The Morgan fingerprint density at radius 1 is 1.06 bits per heavy atom. The number of esters is 1. The van der Waals surface area contributed by atoms with Crippen molar-refractivity contribution in [1.29, 1.82) is 0 Å². The van der Waals surface area contributed by atoms with E-state index in [1.807, 2.05) is 13.8 Å². The van der Waals surface area contributed by atoms with E-state index in [1.54, 1.807) is 57.2 Å². The summed E-state index contributed by atoms with van der Waals surface area (Å²) < 4.78 is 35.9. The molecule has 1 atom stereocenters. The van der Waals surface area contributed by atoms with E-state index in [-0.39, 0.29) is 28.1 Å². The number of carbonyl (C=O) groups is 3. The van der Waals surface area contributed by atoms with Gasteiger partial charge in [-0.3, -0.25) is 19.1 Å². The molecule has 0 aliphatic heterocycles. The number of rotatable bonds is 14. The fourth-order valence-electron chi connectivity index (χ4n) is 4.67. The molecule has 0 unspecified atom stereocenters. The van der Waals surface area contributed by atoms with Gasteiger partial charge in [-0.1, -0.05) is 26.0 Å². The molecule has 0 aliphatic rings. The predicted octanol–water partition coefficient (Wildman–Crippen LogP) is 2.83.